The van der Waals surface area contributed by atoms with Crippen molar-refractivity contribution in [3.8, 4) is 77.9 Å². The van der Waals surface area contributed by atoms with Crippen LogP contribution in [0.4, 0.5) is 0 Å². The van der Waals surface area contributed by atoms with Crippen LogP contribution in [0.3, 0.4) is 0 Å². The molecular weight excluding hydrogens is 709 g/mol. The monoisotopic (exact) mass is 750 g/mol. The summed E-state index contributed by atoms with van der Waals surface area (Å²) in [4.78, 5) is 0. The molecule has 10 aromatic rings. The first-order valence-electron chi connectivity index (χ1n) is 20.7. The lowest BCUT2D eigenvalue weighted by Crippen LogP contribution is -2.15. The third-order valence-electron chi connectivity index (χ3n) is 12.7. The highest BCUT2D eigenvalue weighted by Gasteiger charge is 2.40. The molecule has 0 radical (unpaired) electrons. The van der Waals surface area contributed by atoms with Gasteiger partial charge in [-0.05, 0) is 123 Å². The second kappa shape index (κ2) is 14.0. The molecule has 0 spiro atoms. The van der Waals surface area contributed by atoms with Crippen molar-refractivity contribution in [3.63, 3.8) is 0 Å². The molecule has 0 aliphatic heterocycles. The molecule has 0 aromatic heterocycles. The molecule has 0 nitrogen and oxygen atoms in total. The second-order valence-electron chi connectivity index (χ2n) is 16.3. The Kier molecular flexibility index (Phi) is 8.27. The van der Waals surface area contributed by atoms with Crippen molar-refractivity contribution in [2.45, 2.75) is 19.3 Å². The van der Waals surface area contributed by atoms with Crippen LogP contribution in [0.15, 0.2) is 218 Å². The van der Waals surface area contributed by atoms with Crippen molar-refractivity contribution in [2.24, 2.45) is 0 Å². The van der Waals surface area contributed by atoms with Crippen LogP contribution >= 0.6 is 0 Å². The number of fused-ring (bicyclic) bond motifs is 7. The van der Waals surface area contributed by atoms with E-state index >= 15 is 0 Å². The van der Waals surface area contributed by atoms with Crippen LogP contribution in [0.2, 0.25) is 0 Å². The quantitative estimate of drug-likeness (QED) is 0.159. The topological polar surface area (TPSA) is 0 Å². The molecule has 0 heterocycles. The molecule has 0 atom stereocenters. The molecule has 1 aliphatic carbocycles. The Morgan fingerprint density at radius 1 is 0.237 bits per heavy atom. The van der Waals surface area contributed by atoms with E-state index < -0.39 is 0 Å². The lowest BCUT2D eigenvalue weighted by Gasteiger charge is -2.25. The van der Waals surface area contributed by atoms with Gasteiger partial charge in [0.2, 0.25) is 0 Å². The SMILES string of the molecule is CC1(C)c2cc(-c3c(-c4ccccc4)cccc3-c3ccccc3)c3ccccc3c2-c2c1cc(-c1c(-c3ccccc3)cccc1-c1ccccc1)c1ccccc21. The summed E-state index contributed by atoms with van der Waals surface area (Å²) in [5.41, 5.74) is 20.0. The fourth-order valence-electron chi connectivity index (χ4n) is 9.95. The van der Waals surface area contributed by atoms with E-state index in [9.17, 15) is 0 Å². The molecule has 1 aliphatic rings. The molecule has 0 fully saturated rings. The second-order valence-corrected chi connectivity index (χ2v) is 16.3. The Morgan fingerprint density at radius 3 is 0.814 bits per heavy atom. The van der Waals surface area contributed by atoms with Crippen LogP contribution in [0.5, 0.6) is 0 Å². The van der Waals surface area contributed by atoms with Crippen molar-refractivity contribution in [3.05, 3.63) is 230 Å². The van der Waals surface area contributed by atoms with Gasteiger partial charge in [-0.25, -0.2) is 0 Å². The fourth-order valence-corrected chi connectivity index (χ4v) is 9.95. The van der Waals surface area contributed by atoms with E-state index in [4.69, 9.17) is 0 Å². The van der Waals surface area contributed by atoms with Crippen molar-refractivity contribution < 1.29 is 0 Å². The number of rotatable bonds is 6. The zero-order chi connectivity index (χ0) is 39.5. The van der Waals surface area contributed by atoms with Gasteiger partial charge in [-0.3, -0.25) is 0 Å². The summed E-state index contributed by atoms with van der Waals surface area (Å²) in [7, 11) is 0. The first-order chi connectivity index (χ1) is 29.1. The maximum Gasteiger partial charge on any atom is 0.0159 e. The van der Waals surface area contributed by atoms with Crippen LogP contribution in [0, 0.1) is 0 Å². The Labute approximate surface area is 346 Å². The minimum atomic E-state index is -0.300. The van der Waals surface area contributed by atoms with Crippen LogP contribution in [0.1, 0.15) is 25.0 Å². The van der Waals surface area contributed by atoms with Gasteiger partial charge in [-0.1, -0.05) is 220 Å². The predicted molar refractivity (Wildman–Crippen MR) is 252 cm³/mol. The van der Waals surface area contributed by atoms with E-state index in [1.807, 2.05) is 0 Å². The third-order valence-corrected chi connectivity index (χ3v) is 12.7. The molecule has 0 N–H and O–H groups in total. The Morgan fingerprint density at radius 2 is 0.508 bits per heavy atom. The largest absolute Gasteiger partial charge is 0.0622 e. The first kappa shape index (κ1) is 34.9. The van der Waals surface area contributed by atoms with E-state index in [2.05, 4.69) is 232 Å². The maximum absolute atomic E-state index is 2.55. The molecule has 0 saturated carbocycles. The molecule has 0 saturated heterocycles. The maximum atomic E-state index is 2.55. The lowest BCUT2D eigenvalue weighted by molar-refractivity contribution is 0.661. The molecule has 11 rings (SSSR count). The number of hydrogen-bond acceptors (Lipinski definition) is 0. The van der Waals surface area contributed by atoms with E-state index in [0.717, 1.165) is 0 Å². The van der Waals surface area contributed by atoms with Crippen molar-refractivity contribution in [1.29, 1.82) is 0 Å². The molecule has 0 amide bonds. The molecular formula is C59H42. The van der Waals surface area contributed by atoms with Crippen molar-refractivity contribution in [1.82, 2.24) is 0 Å². The van der Waals surface area contributed by atoms with Gasteiger partial charge in [0.15, 0.2) is 0 Å². The minimum Gasteiger partial charge on any atom is -0.0622 e. The van der Waals surface area contributed by atoms with Gasteiger partial charge in [0.1, 0.15) is 0 Å². The first-order valence-corrected chi connectivity index (χ1v) is 20.7. The molecule has 0 bridgehead atoms. The Balaban J connectivity index is 1.23. The van der Waals surface area contributed by atoms with Gasteiger partial charge in [0.25, 0.3) is 0 Å². The molecule has 278 valence electrons. The van der Waals surface area contributed by atoms with E-state index in [0.29, 0.717) is 0 Å². The van der Waals surface area contributed by atoms with Gasteiger partial charge < -0.3 is 0 Å². The summed E-state index contributed by atoms with van der Waals surface area (Å²) in [5.74, 6) is 0. The van der Waals surface area contributed by atoms with E-state index in [1.54, 1.807) is 0 Å². The predicted octanol–water partition coefficient (Wildman–Crippen LogP) is 16.3. The zero-order valence-electron chi connectivity index (χ0n) is 33.3. The minimum absolute atomic E-state index is 0.300. The highest BCUT2D eigenvalue weighted by molar-refractivity contribution is 6.19. The zero-order valence-corrected chi connectivity index (χ0v) is 33.3. The van der Waals surface area contributed by atoms with E-state index in [-0.39, 0.29) is 5.41 Å². The summed E-state index contributed by atoms with van der Waals surface area (Å²) in [6, 6.07) is 80.5. The van der Waals surface area contributed by atoms with Gasteiger partial charge in [0.05, 0.1) is 0 Å². The smallest absolute Gasteiger partial charge is 0.0159 e. The average Bonchev–Trinajstić information content (AvgIpc) is 3.54. The van der Waals surface area contributed by atoms with Crippen LogP contribution < -0.4 is 0 Å². The number of benzene rings is 10. The van der Waals surface area contributed by atoms with Crippen LogP contribution in [-0.4, -0.2) is 0 Å². The molecule has 10 aromatic carbocycles. The van der Waals surface area contributed by atoms with Gasteiger partial charge in [-0.15, -0.1) is 0 Å². The highest BCUT2D eigenvalue weighted by Crippen LogP contribution is 2.58. The van der Waals surface area contributed by atoms with Gasteiger partial charge >= 0.3 is 0 Å². The van der Waals surface area contributed by atoms with Crippen molar-refractivity contribution in [2.75, 3.05) is 0 Å². The standard InChI is InChI=1S/C59H42/c1-59(2)53-37-51(55-43(39-21-7-3-8-22-39)33-19-34-44(55)40-23-9-4-10-24-40)47-29-15-17-31-49(47)57(53)58-50-32-18-16-30-48(50)52(38-54(58)59)56-45(41-25-11-5-12-26-41)35-20-36-46(56)42-27-13-6-14-28-42/h3-38H,1-2H3. The highest BCUT2D eigenvalue weighted by atomic mass is 14.4. The summed E-state index contributed by atoms with van der Waals surface area (Å²) in [5, 5.41) is 5.12. The van der Waals surface area contributed by atoms with Crippen LogP contribution in [-0.2, 0) is 5.41 Å². The summed E-state index contributed by atoms with van der Waals surface area (Å²) in [6.45, 7) is 4.88. The lowest BCUT2D eigenvalue weighted by atomic mass is 9.77. The number of hydrogen-bond donors (Lipinski definition) is 0. The Hall–Kier alpha value is -7.28. The molecule has 59 heavy (non-hydrogen) atoms. The fraction of sp³-hybridized carbons (Fsp3) is 0.0508. The van der Waals surface area contributed by atoms with Crippen LogP contribution in [0.25, 0.3) is 99.4 Å². The molecule has 0 heteroatoms. The molecule has 0 unspecified atom stereocenters. The van der Waals surface area contributed by atoms with E-state index in [1.165, 1.54) is 111 Å². The third kappa shape index (κ3) is 5.59. The summed E-state index contributed by atoms with van der Waals surface area (Å²) >= 11 is 0. The van der Waals surface area contributed by atoms with Gasteiger partial charge in [-0.2, -0.15) is 0 Å². The normalized spacial score (nSPS) is 12.7. The average molecular weight is 751 g/mol. The van der Waals surface area contributed by atoms with Crippen molar-refractivity contribution >= 4 is 21.5 Å². The Bertz CT molecular complexity index is 2860. The van der Waals surface area contributed by atoms with Gasteiger partial charge in [0, 0.05) is 5.41 Å². The summed E-state index contributed by atoms with van der Waals surface area (Å²) < 4.78 is 0. The summed E-state index contributed by atoms with van der Waals surface area (Å²) in [6.07, 6.45) is 0.